The molecule has 0 saturated heterocycles. The minimum Gasteiger partial charge on any atom is -0.489 e. The van der Waals surface area contributed by atoms with Crippen LogP contribution in [0.1, 0.15) is 29.8 Å². The van der Waals surface area contributed by atoms with Crippen molar-refractivity contribution in [2.45, 2.75) is 26.5 Å². The molecule has 0 aliphatic rings. The molecule has 0 spiro atoms. The third-order valence-corrected chi connectivity index (χ3v) is 3.79. The Morgan fingerprint density at radius 3 is 2.32 bits per heavy atom. The standard InChI is InChI=1S/C21H24N2O5/c1-3-22-20(25)15(2)23-19(24)14-28-21(26)17-9-11-18(12-10-17)27-13-16-7-5-4-6-8-16/h4-12,15H,3,13-14H2,1-2H3,(H,22,25)(H,23,24)/t15-/m1/s1. The van der Waals surface area contributed by atoms with E-state index in [1.165, 1.54) is 0 Å². The van der Waals surface area contributed by atoms with Gasteiger partial charge >= 0.3 is 5.97 Å². The van der Waals surface area contributed by atoms with Gasteiger partial charge in [-0.25, -0.2) is 4.79 Å². The lowest BCUT2D eigenvalue weighted by atomic mass is 10.2. The molecule has 2 amide bonds. The van der Waals surface area contributed by atoms with Gasteiger partial charge in [0.05, 0.1) is 5.56 Å². The van der Waals surface area contributed by atoms with E-state index < -0.39 is 24.5 Å². The Morgan fingerprint density at radius 1 is 1.00 bits per heavy atom. The summed E-state index contributed by atoms with van der Waals surface area (Å²) in [5.41, 5.74) is 1.34. The van der Waals surface area contributed by atoms with Gasteiger partial charge in [0.25, 0.3) is 5.91 Å². The molecule has 1 atom stereocenters. The van der Waals surface area contributed by atoms with E-state index in [1.807, 2.05) is 30.3 Å². The average molecular weight is 384 g/mol. The quantitative estimate of drug-likeness (QED) is 0.646. The molecule has 0 fully saturated rings. The van der Waals surface area contributed by atoms with Gasteiger partial charge in [-0.3, -0.25) is 9.59 Å². The molecule has 2 aromatic rings. The number of rotatable bonds is 9. The van der Waals surface area contributed by atoms with E-state index in [1.54, 1.807) is 38.1 Å². The highest BCUT2D eigenvalue weighted by molar-refractivity contribution is 5.92. The summed E-state index contributed by atoms with van der Waals surface area (Å²) in [7, 11) is 0. The van der Waals surface area contributed by atoms with Gasteiger partial charge in [0.2, 0.25) is 5.91 Å². The highest BCUT2D eigenvalue weighted by Crippen LogP contribution is 2.15. The molecule has 0 unspecified atom stereocenters. The Hall–Kier alpha value is -3.35. The molecule has 2 aromatic carbocycles. The molecule has 2 rings (SSSR count). The lowest BCUT2D eigenvalue weighted by Crippen LogP contribution is -2.46. The maximum Gasteiger partial charge on any atom is 0.338 e. The highest BCUT2D eigenvalue weighted by Gasteiger charge is 2.16. The molecule has 0 heterocycles. The fraction of sp³-hybridized carbons (Fsp3) is 0.286. The summed E-state index contributed by atoms with van der Waals surface area (Å²) in [5.74, 6) is -0.854. The van der Waals surface area contributed by atoms with E-state index in [2.05, 4.69) is 10.6 Å². The van der Waals surface area contributed by atoms with Crippen molar-refractivity contribution >= 4 is 17.8 Å². The molecule has 0 bridgehead atoms. The molecular weight excluding hydrogens is 360 g/mol. The summed E-state index contributed by atoms with van der Waals surface area (Å²) in [5, 5.41) is 5.06. The molecule has 2 N–H and O–H groups in total. The predicted octanol–water partition coefficient (Wildman–Crippen LogP) is 2.06. The van der Waals surface area contributed by atoms with Crippen LogP contribution in [0.25, 0.3) is 0 Å². The Balaban J connectivity index is 1.77. The molecule has 28 heavy (non-hydrogen) atoms. The van der Waals surface area contributed by atoms with Crippen LogP contribution >= 0.6 is 0 Å². The van der Waals surface area contributed by atoms with Crippen molar-refractivity contribution in [1.29, 1.82) is 0 Å². The van der Waals surface area contributed by atoms with Crippen molar-refractivity contribution in [3.05, 3.63) is 65.7 Å². The molecule has 0 aromatic heterocycles. The largest absolute Gasteiger partial charge is 0.489 e. The maximum atomic E-state index is 12.0. The Labute approximate surface area is 164 Å². The van der Waals surface area contributed by atoms with Crippen LogP contribution in [0.15, 0.2) is 54.6 Å². The van der Waals surface area contributed by atoms with Crippen LogP contribution in [0.2, 0.25) is 0 Å². The van der Waals surface area contributed by atoms with E-state index in [0.29, 0.717) is 24.5 Å². The predicted molar refractivity (Wildman–Crippen MR) is 104 cm³/mol. The Kier molecular flexibility index (Phi) is 8.02. The summed E-state index contributed by atoms with van der Waals surface area (Å²) >= 11 is 0. The second-order valence-electron chi connectivity index (χ2n) is 6.06. The fourth-order valence-corrected chi connectivity index (χ4v) is 2.32. The molecule has 0 saturated carbocycles. The number of nitrogens with one attached hydrogen (secondary N) is 2. The van der Waals surface area contributed by atoms with E-state index in [9.17, 15) is 14.4 Å². The van der Waals surface area contributed by atoms with Crippen LogP contribution in [-0.4, -0.2) is 37.0 Å². The number of carbonyl (C=O) groups excluding carboxylic acids is 3. The number of amides is 2. The fourth-order valence-electron chi connectivity index (χ4n) is 2.32. The summed E-state index contributed by atoms with van der Waals surface area (Å²) < 4.78 is 10.6. The molecule has 148 valence electrons. The van der Waals surface area contributed by atoms with Gasteiger partial charge in [-0.2, -0.15) is 0 Å². The molecule has 0 aliphatic carbocycles. The minimum absolute atomic E-state index is 0.298. The van der Waals surface area contributed by atoms with Crippen molar-refractivity contribution in [2.75, 3.05) is 13.2 Å². The van der Waals surface area contributed by atoms with Gasteiger partial charge in [0, 0.05) is 6.54 Å². The first kappa shape index (κ1) is 21.0. The number of carbonyl (C=O) groups is 3. The van der Waals surface area contributed by atoms with Crippen molar-refractivity contribution in [1.82, 2.24) is 10.6 Å². The normalized spacial score (nSPS) is 11.2. The number of likely N-dealkylation sites (N-methyl/N-ethyl adjacent to an activating group) is 1. The second kappa shape index (κ2) is 10.7. The molecule has 7 nitrogen and oxygen atoms in total. The van der Waals surface area contributed by atoms with Crippen molar-refractivity contribution in [3.63, 3.8) is 0 Å². The number of benzene rings is 2. The smallest absolute Gasteiger partial charge is 0.338 e. The topological polar surface area (TPSA) is 93.7 Å². The summed E-state index contributed by atoms with van der Waals surface area (Å²) in [6, 6.07) is 15.5. The van der Waals surface area contributed by atoms with E-state index >= 15 is 0 Å². The number of esters is 1. The van der Waals surface area contributed by atoms with Crippen LogP contribution in [-0.2, 0) is 20.9 Å². The third-order valence-electron chi connectivity index (χ3n) is 3.79. The molecule has 0 aliphatic heterocycles. The van der Waals surface area contributed by atoms with E-state index in [0.717, 1.165) is 5.56 Å². The Morgan fingerprint density at radius 2 is 1.68 bits per heavy atom. The average Bonchev–Trinajstić information content (AvgIpc) is 2.71. The van der Waals surface area contributed by atoms with Crippen LogP contribution in [0.4, 0.5) is 0 Å². The number of hydrogen-bond donors (Lipinski definition) is 2. The van der Waals surface area contributed by atoms with E-state index in [4.69, 9.17) is 9.47 Å². The monoisotopic (exact) mass is 384 g/mol. The summed E-state index contributed by atoms with van der Waals surface area (Å²) in [6.45, 7) is 3.77. The van der Waals surface area contributed by atoms with Gasteiger partial charge in [0.1, 0.15) is 18.4 Å². The first-order valence-electron chi connectivity index (χ1n) is 9.00. The third kappa shape index (κ3) is 6.75. The number of ether oxygens (including phenoxy) is 2. The van der Waals surface area contributed by atoms with Crippen LogP contribution in [0.5, 0.6) is 5.75 Å². The first-order chi connectivity index (χ1) is 13.5. The van der Waals surface area contributed by atoms with Crippen molar-refractivity contribution < 1.29 is 23.9 Å². The van der Waals surface area contributed by atoms with Gasteiger partial charge < -0.3 is 20.1 Å². The van der Waals surface area contributed by atoms with Gasteiger partial charge in [-0.15, -0.1) is 0 Å². The van der Waals surface area contributed by atoms with Crippen LogP contribution < -0.4 is 15.4 Å². The number of hydrogen-bond acceptors (Lipinski definition) is 5. The Bertz CT molecular complexity index is 790. The van der Waals surface area contributed by atoms with Gasteiger partial charge in [-0.05, 0) is 43.7 Å². The summed E-state index contributed by atoms with van der Waals surface area (Å²) in [6.07, 6.45) is 0. The first-order valence-corrected chi connectivity index (χ1v) is 9.00. The lowest BCUT2D eigenvalue weighted by molar-refractivity contribution is -0.130. The molecule has 7 heteroatoms. The maximum absolute atomic E-state index is 12.0. The van der Waals surface area contributed by atoms with Crippen LogP contribution in [0, 0.1) is 0 Å². The van der Waals surface area contributed by atoms with Crippen molar-refractivity contribution in [3.8, 4) is 5.75 Å². The molecule has 0 radical (unpaired) electrons. The lowest BCUT2D eigenvalue weighted by Gasteiger charge is -2.13. The zero-order valence-corrected chi connectivity index (χ0v) is 15.9. The van der Waals surface area contributed by atoms with Crippen LogP contribution in [0.3, 0.4) is 0 Å². The van der Waals surface area contributed by atoms with Gasteiger partial charge in [0.15, 0.2) is 6.61 Å². The SMILES string of the molecule is CCNC(=O)[C@@H](C)NC(=O)COC(=O)c1ccc(OCc2ccccc2)cc1. The second-order valence-corrected chi connectivity index (χ2v) is 6.06. The highest BCUT2D eigenvalue weighted by atomic mass is 16.5. The zero-order chi connectivity index (χ0) is 20.4. The van der Waals surface area contributed by atoms with E-state index in [-0.39, 0.29) is 5.91 Å². The summed E-state index contributed by atoms with van der Waals surface area (Å²) in [4.78, 5) is 35.4. The minimum atomic E-state index is -0.702. The van der Waals surface area contributed by atoms with Gasteiger partial charge in [-0.1, -0.05) is 30.3 Å². The molecular formula is C21H24N2O5. The zero-order valence-electron chi connectivity index (χ0n) is 15.9. The van der Waals surface area contributed by atoms with Crippen molar-refractivity contribution in [2.24, 2.45) is 0 Å².